The number of nitrogens with zero attached hydrogens (tertiary/aromatic N) is 5. The first-order valence-electron chi connectivity index (χ1n) is 17.2. The van der Waals surface area contributed by atoms with Gasteiger partial charge in [-0.2, -0.15) is 0 Å². The molecule has 0 atom stereocenters. The van der Waals surface area contributed by atoms with Gasteiger partial charge < -0.3 is 8.98 Å². The van der Waals surface area contributed by atoms with Crippen molar-refractivity contribution in [2.45, 2.75) is 0 Å². The SMILES string of the molecule is c1ccc(-c2oc3c(ccc4c3c3ccccc3n4-c3cccc(-c4nc(-c5ccncc5)cc(-c5ccncc5)n4)c3)c2-c2ccccc2)cc1. The summed E-state index contributed by atoms with van der Waals surface area (Å²) in [5.41, 5.74) is 11.8. The van der Waals surface area contributed by atoms with E-state index in [2.05, 4.69) is 124 Å². The van der Waals surface area contributed by atoms with Crippen LogP contribution in [0.2, 0.25) is 0 Å². The number of para-hydroxylation sites is 1. The monoisotopic (exact) mass is 667 g/mol. The van der Waals surface area contributed by atoms with Crippen molar-refractivity contribution in [1.82, 2.24) is 24.5 Å². The van der Waals surface area contributed by atoms with Gasteiger partial charge in [-0.15, -0.1) is 0 Å². The molecule has 5 aromatic carbocycles. The second-order valence-corrected chi connectivity index (χ2v) is 12.7. The van der Waals surface area contributed by atoms with Crippen LogP contribution in [0.3, 0.4) is 0 Å². The lowest BCUT2D eigenvalue weighted by molar-refractivity contribution is 0.636. The maximum atomic E-state index is 6.97. The Labute approximate surface area is 299 Å². The molecule has 6 heteroatoms. The largest absolute Gasteiger partial charge is 0.455 e. The van der Waals surface area contributed by atoms with Crippen molar-refractivity contribution in [3.8, 4) is 62.0 Å². The number of hydrogen-bond acceptors (Lipinski definition) is 5. The molecule has 0 saturated carbocycles. The number of rotatable bonds is 6. The molecule has 0 N–H and O–H groups in total. The molecule has 0 bridgehead atoms. The fraction of sp³-hybridized carbons (Fsp3) is 0. The highest BCUT2D eigenvalue weighted by molar-refractivity contribution is 6.22. The molecule has 5 heterocycles. The van der Waals surface area contributed by atoms with Gasteiger partial charge in [0.05, 0.1) is 27.8 Å². The third-order valence-electron chi connectivity index (χ3n) is 9.63. The van der Waals surface area contributed by atoms with Crippen molar-refractivity contribution < 1.29 is 4.42 Å². The van der Waals surface area contributed by atoms with E-state index in [-0.39, 0.29) is 0 Å². The average molecular weight is 668 g/mol. The zero-order chi connectivity index (χ0) is 34.4. The van der Waals surface area contributed by atoms with Gasteiger partial charge in [0.1, 0.15) is 11.3 Å². The van der Waals surface area contributed by atoms with E-state index in [1.54, 1.807) is 24.8 Å². The van der Waals surface area contributed by atoms with Crippen LogP contribution in [0.25, 0.3) is 94.8 Å². The molecule has 5 aromatic heterocycles. The topological polar surface area (TPSA) is 69.6 Å². The normalized spacial score (nSPS) is 11.5. The highest BCUT2D eigenvalue weighted by Gasteiger charge is 2.23. The predicted molar refractivity (Wildman–Crippen MR) is 209 cm³/mol. The number of benzene rings is 5. The molecular weight excluding hydrogens is 639 g/mol. The molecule has 10 aromatic rings. The van der Waals surface area contributed by atoms with Crippen molar-refractivity contribution in [3.63, 3.8) is 0 Å². The summed E-state index contributed by atoms with van der Waals surface area (Å²) in [5, 5.41) is 3.28. The van der Waals surface area contributed by atoms with Gasteiger partial charge in [-0.05, 0) is 66.2 Å². The summed E-state index contributed by atoms with van der Waals surface area (Å²) in [4.78, 5) is 18.6. The second-order valence-electron chi connectivity index (χ2n) is 12.7. The lowest BCUT2D eigenvalue weighted by atomic mass is 9.98. The molecule has 0 aliphatic carbocycles. The quantitative estimate of drug-likeness (QED) is 0.176. The predicted octanol–water partition coefficient (Wildman–Crippen LogP) is 11.4. The van der Waals surface area contributed by atoms with Gasteiger partial charge in [-0.25, -0.2) is 9.97 Å². The Hall–Kier alpha value is -7.18. The first kappa shape index (κ1) is 29.7. The molecule has 0 amide bonds. The van der Waals surface area contributed by atoms with E-state index in [4.69, 9.17) is 14.4 Å². The fourth-order valence-electron chi connectivity index (χ4n) is 7.27. The van der Waals surface area contributed by atoms with Crippen LogP contribution in [0.4, 0.5) is 0 Å². The Bertz CT molecular complexity index is 2820. The van der Waals surface area contributed by atoms with Gasteiger partial charge >= 0.3 is 0 Å². The molecule has 0 aliphatic rings. The number of fused-ring (bicyclic) bond motifs is 5. The zero-order valence-electron chi connectivity index (χ0n) is 27.9. The van der Waals surface area contributed by atoms with Crippen molar-refractivity contribution in [3.05, 3.63) is 176 Å². The molecule has 0 aliphatic heterocycles. The molecule has 0 saturated heterocycles. The molecule has 0 unspecified atom stereocenters. The summed E-state index contributed by atoms with van der Waals surface area (Å²) >= 11 is 0. The summed E-state index contributed by atoms with van der Waals surface area (Å²) in [6.45, 7) is 0. The maximum absolute atomic E-state index is 6.97. The molecule has 52 heavy (non-hydrogen) atoms. The van der Waals surface area contributed by atoms with E-state index in [1.807, 2.05) is 42.5 Å². The van der Waals surface area contributed by atoms with Gasteiger partial charge in [-0.3, -0.25) is 9.97 Å². The Morgan fingerprint density at radius 3 is 1.75 bits per heavy atom. The Balaban J connectivity index is 1.20. The average Bonchev–Trinajstić information content (AvgIpc) is 3.78. The van der Waals surface area contributed by atoms with Crippen LogP contribution in [-0.2, 0) is 0 Å². The Morgan fingerprint density at radius 1 is 0.442 bits per heavy atom. The summed E-state index contributed by atoms with van der Waals surface area (Å²) in [6, 6.07) is 52.2. The van der Waals surface area contributed by atoms with Crippen LogP contribution in [0, 0.1) is 0 Å². The minimum atomic E-state index is 0.636. The highest BCUT2D eigenvalue weighted by atomic mass is 16.3. The summed E-state index contributed by atoms with van der Waals surface area (Å²) in [5.74, 6) is 1.50. The van der Waals surface area contributed by atoms with E-state index < -0.39 is 0 Å². The highest BCUT2D eigenvalue weighted by Crippen LogP contribution is 2.46. The first-order chi connectivity index (χ1) is 25.8. The minimum Gasteiger partial charge on any atom is -0.455 e. The number of furan rings is 1. The van der Waals surface area contributed by atoms with Crippen LogP contribution in [0.5, 0.6) is 0 Å². The first-order valence-corrected chi connectivity index (χ1v) is 17.2. The minimum absolute atomic E-state index is 0.636. The van der Waals surface area contributed by atoms with Crippen molar-refractivity contribution in [2.75, 3.05) is 0 Å². The number of pyridine rings is 2. The summed E-state index contributed by atoms with van der Waals surface area (Å²) in [6.07, 6.45) is 7.14. The molecule has 244 valence electrons. The van der Waals surface area contributed by atoms with E-state index in [0.29, 0.717) is 5.82 Å². The molecule has 0 radical (unpaired) electrons. The lowest BCUT2D eigenvalue weighted by Crippen LogP contribution is -1.98. The molecule has 0 spiro atoms. The Morgan fingerprint density at radius 2 is 1.06 bits per heavy atom. The van der Waals surface area contributed by atoms with Gasteiger partial charge in [0.25, 0.3) is 0 Å². The third-order valence-corrected chi connectivity index (χ3v) is 9.63. The molecule has 6 nitrogen and oxygen atoms in total. The number of aromatic nitrogens is 5. The van der Waals surface area contributed by atoms with E-state index in [1.165, 1.54) is 0 Å². The smallest absolute Gasteiger partial charge is 0.160 e. The van der Waals surface area contributed by atoms with Gasteiger partial charge in [0.2, 0.25) is 0 Å². The number of hydrogen-bond donors (Lipinski definition) is 0. The standard InChI is InChI=1S/C46H29N5O/c1-3-10-32(11-4-1)42-37-18-19-41-43(45(37)52-44(42)33-12-5-2-6-13-33)36-16-7-8-17-40(36)51(41)35-15-9-14-34(28-35)46-49-38(30-20-24-47-25-21-30)29-39(50-46)31-22-26-48-27-23-31/h1-29H. The summed E-state index contributed by atoms with van der Waals surface area (Å²) in [7, 11) is 0. The van der Waals surface area contributed by atoms with E-state index >= 15 is 0 Å². The van der Waals surface area contributed by atoms with Gasteiger partial charge in [-0.1, -0.05) is 91.0 Å². The van der Waals surface area contributed by atoms with Crippen LogP contribution >= 0.6 is 0 Å². The Kier molecular flexibility index (Phi) is 7.03. The molecular formula is C46H29N5O. The van der Waals surface area contributed by atoms with E-state index in [0.717, 1.165) is 89.0 Å². The maximum Gasteiger partial charge on any atom is 0.160 e. The molecule has 10 rings (SSSR count). The summed E-state index contributed by atoms with van der Waals surface area (Å²) < 4.78 is 9.29. The van der Waals surface area contributed by atoms with Crippen LogP contribution in [0.15, 0.2) is 181 Å². The molecule has 0 fully saturated rings. The van der Waals surface area contributed by atoms with Crippen LogP contribution < -0.4 is 0 Å². The van der Waals surface area contributed by atoms with Crippen molar-refractivity contribution in [2.24, 2.45) is 0 Å². The van der Waals surface area contributed by atoms with Crippen LogP contribution in [0.1, 0.15) is 0 Å². The van der Waals surface area contributed by atoms with Gasteiger partial charge in [0, 0.05) is 69.1 Å². The van der Waals surface area contributed by atoms with Crippen molar-refractivity contribution >= 4 is 32.8 Å². The third kappa shape index (κ3) is 4.96. The lowest BCUT2D eigenvalue weighted by Gasteiger charge is -2.12. The van der Waals surface area contributed by atoms with Crippen LogP contribution in [-0.4, -0.2) is 24.5 Å². The second kappa shape index (κ2) is 12.3. The van der Waals surface area contributed by atoms with E-state index in [9.17, 15) is 0 Å². The fourth-order valence-corrected chi connectivity index (χ4v) is 7.27. The van der Waals surface area contributed by atoms with Crippen molar-refractivity contribution in [1.29, 1.82) is 0 Å². The van der Waals surface area contributed by atoms with Gasteiger partial charge in [0.15, 0.2) is 5.82 Å². The zero-order valence-corrected chi connectivity index (χ0v) is 27.9.